The summed E-state index contributed by atoms with van der Waals surface area (Å²) in [5, 5.41) is 15.1. The lowest BCUT2D eigenvalue weighted by Crippen LogP contribution is -2.49. The maximum Gasteiger partial charge on any atom is 0.416 e. The maximum absolute atomic E-state index is 13.8. The summed E-state index contributed by atoms with van der Waals surface area (Å²) < 4.78 is 51.1. The van der Waals surface area contributed by atoms with Crippen LogP contribution in [0.2, 0.25) is 0 Å². The number of hydrogen-bond acceptors (Lipinski definition) is 6. The van der Waals surface area contributed by atoms with Gasteiger partial charge in [0.25, 0.3) is 5.91 Å². The number of nitrogens with one attached hydrogen (secondary N) is 2. The number of ether oxygens (including phenoxy) is 2. The van der Waals surface area contributed by atoms with Gasteiger partial charge in [0, 0.05) is 36.9 Å². The number of urea groups is 1. The van der Waals surface area contributed by atoms with Gasteiger partial charge in [0.15, 0.2) is 0 Å². The number of rotatable bonds is 10. The first-order chi connectivity index (χ1) is 23.4. The molecule has 9 nitrogen and oxygen atoms in total. The number of carbonyl (C=O) groups is 2. The molecule has 0 saturated carbocycles. The van der Waals surface area contributed by atoms with Gasteiger partial charge in [0.1, 0.15) is 23.4 Å². The minimum Gasteiger partial charge on any atom is -0.488 e. The van der Waals surface area contributed by atoms with Crippen molar-refractivity contribution in [2.75, 3.05) is 37.4 Å². The largest absolute Gasteiger partial charge is 0.488 e. The van der Waals surface area contributed by atoms with Crippen molar-refractivity contribution in [1.82, 2.24) is 9.80 Å². The molecule has 1 aliphatic heterocycles. The van der Waals surface area contributed by atoms with E-state index in [0.717, 1.165) is 41.3 Å². The number of nitrogens with zero attached hydrogens (tertiary/aromatic N) is 2. The zero-order valence-corrected chi connectivity index (χ0v) is 27.4. The molecule has 0 fully saturated rings. The van der Waals surface area contributed by atoms with Gasteiger partial charge in [0.2, 0.25) is 0 Å². The molecule has 258 valence electrons. The van der Waals surface area contributed by atoms with Crippen molar-refractivity contribution in [3.63, 3.8) is 0 Å². The second-order valence-electron chi connectivity index (χ2n) is 12.2. The Labute approximate surface area is 283 Å². The zero-order valence-electron chi connectivity index (χ0n) is 27.4. The van der Waals surface area contributed by atoms with E-state index in [1.165, 1.54) is 6.07 Å². The summed E-state index contributed by atoms with van der Waals surface area (Å²) in [6.07, 6.45) is -4.82. The number of anilines is 2. The van der Waals surface area contributed by atoms with Gasteiger partial charge >= 0.3 is 12.2 Å². The smallest absolute Gasteiger partial charge is 0.416 e. The first-order valence-corrected chi connectivity index (χ1v) is 15.9. The minimum atomic E-state index is -4.49. The Morgan fingerprint density at radius 1 is 0.980 bits per heavy atom. The van der Waals surface area contributed by atoms with Gasteiger partial charge in [-0.25, -0.2) is 4.79 Å². The van der Waals surface area contributed by atoms with E-state index in [1.807, 2.05) is 68.6 Å². The number of carbonyl (C=O) groups excluding carboxylic acids is 2. The van der Waals surface area contributed by atoms with Crippen LogP contribution in [0.1, 0.15) is 35.3 Å². The molecule has 0 unspecified atom stereocenters. The van der Waals surface area contributed by atoms with Crippen LogP contribution in [0.4, 0.5) is 29.3 Å². The fourth-order valence-electron chi connectivity index (χ4n) is 5.53. The van der Waals surface area contributed by atoms with E-state index in [1.54, 1.807) is 24.0 Å². The van der Waals surface area contributed by atoms with Crippen molar-refractivity contribution >= 4 is 23.3 Å². The van der Waals surface area contributed by atoms with Crippen molar-refractivity contribution < 1.29 is 37.3 Å². The van der Waals surface area contributed by atoms with E-state index in [2.05, 4.69) is 15.5 Å². The Hall–Kier alpha value is -5.07. The fraction of sp³-hybridized carbons (Fsp3) is 0.297. The monoisotopic (exact) mass is 676 g/mol. The molecule has 3 amide bonds. The van der Waals surface area contributed by atoms with E-state index in [-0.39, 0.29) is 41.5 Å². The van der Waals surface area contributed by atoms with Crippen LogP contribution in [-0.4, -0.2) is 65.7 Å². The van der Waals surface area contributed by atoms with Crippen LogP contribution in [0, 0.1) is 5.92 Å². The molecular formula is C37H39F3N4O5. The highest BCUT2D eigenvalue weighted by molar-refractivity contribution is 6.02. The third-order valence-corrected chi connectivity index (χ3v) is 8.24. The molecule has 0 spiro atoms. The van der Waals surface area contributed by atoms with Crippen LogP contribution in [0.3, 0.4) is 0 Å². The minimum absolute atomic E-state index is 0.0949. The van der Waals surface area contributed by atoms with E-state index in [9.17, 15) is 27.9 Å². The van der Waals surface area contributed by atoms with Crippen LogP contribution >= 0.6 is 0 Å². The summed E-state index contributed by atoms with van der Waals surface area (Å²) >= 11 is 0. The third-order valence-electron chi connectivity index (χ3n) is 8.24. The Balaban J connectivity index is 1.28. The lowest BCUT2D eigenvalue weighted by molar-refractivity contribution is -0.137. The molecule has 0 aliphatic carbocycles. The SMILES string of the molecule is C[C@@H]1CN([C@H](C)CO)C(=O)c2cc(NC(=O)Nc3ccc(C(F)(F)F)cc3)ccc2O[C@@H]1CN(C)Cc1ccc(Oc2ccccc2)cc1. The molecule has 49 heavy (non-hydrogen) atoms. The number of alkyl halides is 3. The molecule has 3 atom stereocenters. The summed E-state index contributed by atoms with van der Waals surface area (Å²) in [4.78, 5) is 30.2. The lowest BCUT2D eigenvalue weighted by Gasteiger charge is -2.38. The average Bonchev–Trinajstić information content (AvgIpc) is 3.07. The van der Waals surface area contributed by atoms with Gasteiger partial charge < -0.3 is 30.1 Å². The van der Waals surface area contributed by atoms with Crippen molar-refractivity contribution in [3.8, 4) is 17.2 Å². The molecule has 0 aromatic heterocycles. The molecule has 4 aromatic rings. The highest BCUT2D eigenvalue weighted by Crippen LogP contribution is 2.32. The second-order valence-corrected chi connectivity index (χ2v) is 12.2. The number of aliphatic hydroxyl groups excluding tert-OH is 1. The van der Waals surface area contributed by atoms with Crippen molar-refractivity contribution in [2.24, 2.45) is 5.92 Å². The van der Waals surface area contributed by atoms with Crippen LogP contribution < -0.4 is 20.1 Å². The predicted molar refractivity (Wildman–Crippen MR) is 181 cm³/mol. The van der Waals surface area contributed by atoms with E-state index < -0.39 is 23.8 Å². The first-order valence-electron chi connectivity index (χ1n) is 15.9. The lowest BCUT2D eigenvalue weighted by atomic mass is 9.99. The molecule has 4 aromatic carbocycles. The highest BCUT2D eigenvalue weighted by atomic mass is 19.4. The molecule has 0 radical (unpaired) electrons. The number of para-hydroxylation sites is 1. The van der Waals surface area contributed by atoms with E-state index >= 15 is 0 Å². The van der Waals surface area contributed by atoms with Crippen molar-refractivity contribution in [3.05, 3.63) is 114 Å². The molecule has 0 bridgehead atoms. The summed E-state index contributed by atoms with van der Waals surface area (Å²) in [5.41, 5.74) is 0.900. The quantitative estimate of drug-likeness (QED) is 0.161. The van der Waals surface area contributed by atoms with Gasteiger partial charge in [-0.1, -0.05) is 37.3 Å². The van der Waals surface area contributed by atoms with Crippen LogP contribution in [0.15, 0.2) is 97.1 Å². The van der Waals surface area contributed by atoms with Gasteiger partial charge in [-0.2, -0.15) is 13.2 Å². The molecule has 3 N–H and O–H groups in total. The summed E-state index contributed by atoms with van der Waals surface area (Å²) in [6.45, 7) is 5.03. The third kappa shape index (κ3) is 9.30. The number of benzene rings is 4. The summed E-state index contributed by atoms with van der Waals surface area (Å²) in [6, 6.07) is 25.0. The number of halogens is 3. The Morgan fingerprint density at radius 2 is 1.61 bits per heavy atom. The van der Waals surface area contributed by atoms with Gasteiger partial charge in [0.05, 0.1) is 23.8 Å². The standard InChI is InChI=1S/C37H39F3N4O5/c1-24-20-44(25(2)23-45)35(46)32-19-29(42-36(47)41-28-13-11-27(12-14-28)37(38,39)40)15-18-33(32)49-34(24)22-43(3)21-26-9-16-31(17-10-26)48-30-7-5-4-6-8-30/h4-19,24-25,34,45H,20-23H2,1-3H3,(H2,41,42,47)/t24-,25-,34-/m1/s1. The van der Waals surface area contributed by atoms with E-state index in [4.69, 9.17) is 9.47 Å². The van der Waals surface area contributed by atoms with Crippen LogP contribution in [0.5, 0.6) is 17.2 Å². The van der Waals surface area contributed by atoms with Gasteiger partial charge in [-0.15, -0.1) is 0 Å². The molecule has 12 heteroatoms. The number of likely N-dealkylation sites (N-methyl/N-ethyl adjacent to an activating group) is 1. The molecule has 1 aliphatic rings. The van der Waals surface area contributed by atoms with Gasteiger partial charge in [-0.05, 0) is 86.3 Å². The predicted octanol–water partition coefficient (Wildman–Crippen LogP) is 7.49. The number of hydrogen-bond donors (Lipinski definition) is 3. The van der Waals surface area contributed by atoms with Crippen molar-refractivity contribution in [2.45, 2.75) is 38.7 Å². The molecule has 5 rings (SSSR count). The first kappa shape index (κ1) is 35.2. The maximum atomic E-state index is 13.8. The fourth-order valence-corrected chi connectivity index (χ4v) is 5.53. The number of fused-ring (bicyclic) bond motifs is 1. The Morgan fingerprint density at radius 3 is 2.27 bits per heavy atom. The van der Waals surface area contributed by atoms with Crippen molar-refractivity contribution in [1.29, 1.82) is 0 Å². The Bertz CT molecular complexity index is 1720. The average molecular weight is 677 g/mol. The number of amides is 3. The van der Waals surface area contributed by atoms with Crippen LogP contribution in [-0.2, 0) is 12.7 Å². The molecule has 1 heterocycles. The van der Waals surface area contributed by atoms with E-state index in [0.29, 0.717) is 25.4 Å². The normalized spacial score (nSPS) is 17.0. The van der Waals surface area contributed by atoms with Gasteiger partial charge in [-0.3, -0.25) is 9.69 Å². The topological polar surface area (TPSA) is 103 Å². The second kappa shape index (κ2) is 15.4. The van der Waals surface area contributed by atoms with Crippen LogP contribution in [0.25, 0.3) is 0 Å². The number of aliphatic hydroxyl groups is 1. The summed E-state index contributed by atoms with van der Waals surface area (Å²) in [7, 11) is 1.99. The Kier molecular flexibility index (Phi) is 11.1. The zero-order chi connectivity index (χ0) is 35.1. The summed E-state index contributed by atoms with van der Waals surface area (Å²) in [5.74, 6) is 1.37. The molecular weight excluding hydrogens is 637 g/mol. The molecule has 0 saturated heterocycles. The highest BCUT2D eigenvalue weighted by Gasteiger charge is 2.34.